The normalized spacial score (nSPS) is 15.2. The second-order valence-corrected chi connectivity index (χ2v) is 4.74. The van der Waals surface area contributed by atoms with Gasteiger partial charge in [-0.15, -0.1) is 0 Å². The standard InChI is InChI=1S/C13H27F3N2/c1-5-12(6-2,18(7-3)8-4)11(17)9-10-13(14,15)16/h11H,5-10,17H2,1-4H3. The minimum absolute atomic E-state index is 0.00167. The van der Waals surface area contributed by atoms with E-state index in [0.29, 0.717) is 0 Å². The van der Waals surface area contributed by atoms with Gasteiger partial charge in [0.2, 0.25) is 0 Å². The van der Waals surface area contributed by atoms with Gasteiger partial charge in [0.1, 0.15) is 0 Å². The van der Waals surface area contributed by atoms with E-state index in [1.165, 1.54) is 0 Å². The molecule has 1 atom stereocenters. The Kier molecular flexibility index (Phi) is 7.22. The van der Waals surface area contributed by atoms with Crippen molar-refractivity contribution in [1.29, 1.82) is 0 Å². The van der Waals surface area contributed by atoms with Gasteiger partial charge in [-0.3, -0.25) is 4.90 Å². The van der Waals surface area contributed by atoms with Crippen LogP contribution in [-0.4, -0.2) is 35.7 Å². The summed E-state index contributed by atoms with van der Waals surface area (Å²) in [6, 6.07) is -0.436. The first-order valence-electron chi connectivity index (χ1n) is 6.84. The third-order valence-corrected chi connectivity index (χ3v) is 4.05. The van der Waals surface area contributed by atoms with E-state index < -0.39 is 18.6 Å². The van der Waals surface area contributed by atoms with Gasteiger partial charge in [-0.05, 0) is 32.4 Å². The molecular weight excluding hydrogens is 241 g/mol. The molecule has 0 bridgehead atoms. The zero-order chi connectivity index (χ0) is 14.4. The molecule has 0 aromatic heterocycles. The van der Waals surface area contributed by atoms with E-state index >= 15 is 0 Å². The van der Waals surface area contributed by atoms with Gasteiger partial charge in [-0.2, -0.15) is 13.2 Å². The maximum Gasteiger partial charge on any atom is 0.389 e. The van der Waals surface area contributed by atoms with Gasteiger partial charge in [-0.25, -0.2) is 0 Å². The molecule has 0 fully saturated rings. The van der Waals surface area contributed by atoms with Crippen molar-refractivity contribution >= 4 is 0 Å². The summed E-state index contributed by atoms with van der Waals surface area (Å²) in [4.78, 5) is 2.20. The molecule has 0 aliphatic heterocycles. The fourth-order valence-corrected chi connectivity index (χ4v) is 2.90. The van der Waals surface area contributed by atoms with Gasteiger partial charge in [0.15, 0.2) is 0 Å². The van der Waals surface area contributed by atoms with Crippen molar-refractivity contribution in [3.05, 3.63) is 0 Å². The second kappa shape index (κ2) is 7.34. The SMILES string of the molecule is CCN(CC)C(CC)(CC)C(N)CCC(F)(F)F. The molecule has 0 aliphatic carbocycles. The number of halogens is 3. The van der Waals surface area contributed by atoms with E-state index in [0.717, 1.165) is 25.9 Å². The van der Waals surface area contributed by atoms with Crippen molar-refractivity contribution in [2.45, 2.75) is 71.1 Å². The number of rotatable bonds is 8. The van der Waals surface area contributed by atoms with Gasteiger partial charge in [0, 0.05) is 18.0 Å². The molecule has 2 nitrogen and oxygen atoms in total. The lowest BCUT2D eigenvalue weighted by Crippen LogP contribution is -2.59. The summed E-state index contributed by atoms with van der Waals surface area (Å²) < 4.78 is 36.9. The van der Waals surface area contributed by atoms with Crippen molar-refractivity contribution in [1.82, 2.24) is 4.90 Å². The monoisotopic (exact) mass is 268 g/mol. The molecule has 18 heavy (non-hydrogen) atoms. The molecule has 5 heteroatoms. The molecule has 0 spiro atoms. The summed E-state index contributed by atoms with van der Waals surface area (Å²) >= 11 is 0. The van der Waals surface area contributed by atoms with Gasteiger partial charge >= 0.3 is 6.18 Å². The molecule has 0 saturated carbocycles. The molecule has 0 heterocycles. The van der Waals surface area contributed by atoms with E-state index in [-0.39, 0.29) is 12.0 Å². The molecule has 110 valence electrons. The molecule has 1 unspecified atom stereocenters. The predicted molar refractivity (Wildman–Crippen MR) is 69.5 cm³/mol. The third kappa shape index (κ3) is 4.43. The van der Waals surface area contributed by atoms with Gasteiger partial charge in [0.25, 0.3) is 0 Å². The highest BCUT2D eigenvalue weighted by Crippen LogP contribution is 2.31. The molecule has 0 amide bonds. The van der Waals surface area contributed by atoms with Crippen LogP contribution >= 0.6 is 0 Å². The first-order valence-corrected chi connectivity index (χ1v) is 6.84. The first-order chi connectivity index (χ1) is 8.27. The van der Waals surface area contributed by atoms with Crippen LogP contribution in [0.25, 0.3) is 0 Å². The lowest BCUT2D eigenvalue weighted by Gasteiger charge is -2.46. The second-order valence-electron chi connectivity index (χ2n) is 4.74. The summed E-state index contributed by atoms with van der Waals surface area (Å²) in [5, 5.41) is 0. The van der Waals surface area contributed by atoms with Crippen LogP contribution in [0.2, 0.25) is 0 Å². The lowest BCUT2D eigenvalue weighted by molar-refractivity contribution is -0.138. The zero-order valence-corrected chi connectivity index (χ0v) is 12.0. The highest BCUT2D eigenvalue weighted by atomic mass is 19.4. The molecule has 0 aromatic carbocycles. The Hall–Kier alpha value is -0.290. The van der Waals surface area contributed by atoms with Crippen molar-refractivity contribution < 1.29 is 13.2 Å². The van der Waals surface area contributed by atoms with Crippen molar-refractivity contribution in [2.24, 2.45) is 5.73 Å². The maximum absolute atomic E-state index is 12.3. The van der Waals surface area contributed by atoms with Crippen LogP contribution in [-0.2, 0) is 0 Å². The van der Waals surface area contributed by atoms with E-state index in [2.05, 4.69) is 4.90 Å². The smallest absolute Gasteiger partial charge is 0.326 e. The van der Waals surface area contributed by atoms with E-state index in [1.807, 2.05) is 27.7 Å². The highest BCUT2D eigenvalue weighted by Gasteiger charge is 2.39. The first kappa shape index (κ1) is 17.7. The lowest BCUT2D eigenvalue weighted by atomic mass is 9.80. The van der Waals surface area contributed by atoms with Gasteiger partial charge in [-0.1, -0.05) is 27.7 Å². The zero-order valence-electron chi connectivity index (χ0n) is 12.0. The average molecular weight is 268 g/mol. The van der Waals surface area contributed by atoms with Crippen molar-refractivity contribution in [3.63, 3.8) is 0 Å². The number of nitrogens with two attached hydrogens (primary N) is 1. The van der Waals surface area contributed by atoms with Crippen molar-refractivity contribution in [2.75, 3.05) is 13.1 Å². The van der Waals surface area contributed by atoms with Crippen LogP contribution in [0.5, 0.6) is 0 Å². The van der Waals surface area contributed by atoms with Gasteiger partial charge < -0.3 is 5.73 Å². The summed E-state index contributed by atoms with van der Waals surface area (Å²) in [6.45, 7) is 9.71. The Bertz CT molecular complexity index is 221. The van der Waals surface area contributed by atoms with Crippen LogP contribution in [0.4, 0.5) is 13.2 Å². The van der Waals surface area contributed by atoms with Crippen molar-refractivity contribution in [3.8, 4) is 0 Å². The van der Waals surface area contributed by atoms with Gasteiger partial charge in [0.05, 0.1) is 0 Å². The third-order valence-electron chi connectivity index (χ3n) is 4.05. The molecule has 0 radical (unpaired) electrons. The minimum atomic E-state index is -4.12. The average Bonchev–Trinajstić information content (AvgIpc) is 2.32. The predicted octanol–water partition coefficient (Wildman–Crippen LogP) is 3.56. The van der Waals surface area contributed by atoms with Crippen LogP contribution in [0.3, 0.4) is 0 Å². The summed E-state index contributed by atoms with van der Waals surface area (Å²) in [5.41, 5.74) is 5.78. The molecule has 0 aromatic rings. The summed E-state index contributed by atoms with van der Waals surface area (Å²) in [5.74, 6) is 0. The summed E-state index contributed by atoms with van der Waals surface area (Å²) in [7, 11) is 0. The van der Waals surface area contributed by atoms with Crippen LogP contribution in [0, 0.1) is 0 Å². The number of nitrogens with zero attached hydrogens (tertiary/aromatic N) is 1. The molecule has 0 saturated heterocycles. The fourth-order valence-electron chi connectivity index (χ4n) is 2.90. The molecule has 0 aliphatic rings. The number of likely N-dealkylation sites (N-methyl/N-ethyl adjacent to an activating group) is 1. The van der Waals surface area contributed by atoms with Crippen LogP contribution in [0.1, 0.15) is 53.4 Å². The van der Waals surface area contributed by atoms with E-state index in [1.54, 1.807) is 0 Å². The highest BCUT2D eigenvalue weighted by molar-refractivity contribution is 4.97. The number of hydrogen-bond acceptors (Lipinski definition) is 2. The molecule has 0 rings (SSSR count). The molecule has 2 N–H and O–H groups in total. The minimum Gasteiger partial charge on any atom is -0.326 e. The maximum atomic E-state index is 12.3. The number of alkyl halides is 3. The largest absolute Gasteiger partial charge is 0.389 e. The van der Waals surface area contributed by atoms with Crippen LogP contribution < -0.4 is 5.73 Å². The van der Waals surface area contributed by atoms with E-state index in [4.69, 9.17) is 5.73 Å². The topological polar surface area (TPSA) is 29.3 Å². The number of hydrogen-bond donors (Lipinski definition) is 1. The molecular formula is C13H27F3N2. The Balaban J connectivity index is 4.86. The Morgan fingerprint density at radius 3 is 1.72 bits per heavy atom. The Labute approximate surface area is 109 Å². The fraction of sp³-hybridized carbons (Fsp3) is 1.00. The Morgan fingerprint density at radius 2 is 1.44 bits per heavy atom. The Morgan fingerprint density at radius 1 is 1.00 bits per heavy atom. The quantitative estimate of drug-likeness (QED) is 0.729. The summed E-state index contributed by atoms with van der Waals surface area (Å²) in [6.07, 6.45) is -3.35. The van der Waals surface area contributed by atoms with E-state index in [9.17, 15) is 13.2 Å². The van der Waals surface area contributed by atoms with Crippen LogP contribution in [0.15, 0.2) is 0 Å².